The maximum absolute atomic E-state index is 13.6. The molecular weight excluding hydrogens is 318 g/mol. The van der Waals surface area contributed by atoms with Gasteiger partial charge in [0.1, 0.15) is 5.82 Å². The third-order valence-corrected chi connectivity index (χ3v) is 4.86. The smallest absolute Gasteiger partial charge is 0.202 e. The molecule has 0 saturated carbocycles. The van der Waals surface area contributed by atoms with E-state index in [0.717, 1.165) is 29.5 Å². The first-order chi connectivity index (χ1) is 11.0. The molecule has 4 nitrogen and oxygen atoms in total. The van der Waals surface area contributed by atoms with Crippen molar-refractivity contribution in [2.45, 2.75) is 38.3 Å². The summed E-state index contributed by atoms with van der Waals surface area (Å²) in [6.45, 7) is 5.00. The van der Waals surface area contributed by atoms with E-state index >= 15 is 0 Å². The molecule has 0 unspecified atom stereocenters. The van der Waals surface area contributed by atoms with Gasteiger partial charge in [0.05, 0.1) is 6.04 Å². The van der Waals surface area contributed by atoms with Crippen molar-refractivity contribution in [1.29, 1.82) is 0 Å². The molecule has 1 aliphatic rings. The van der Waals surface area contributed by atoms with Crippen molar-refractivity contribution in [2.75, 3.05) is 18.9 Å². The molecule has 23 heavy (non-hydrogen) atoms. The van der Waals surface area contributed by atoms with Gasteiger partial charge in [-0.05, 0) is 31.2 Å². The lowest BCUT2D eigenvalue weighted by Gasteiger charge is -2.26. The van der Waals surface area contributed by atoms with Gasteiger partial charge in [-0.2, -0.15) is 4.37 Å². The Morgan fingerprint density at radius 1 is 1.30 bits per heavy atom. The first-order valence-corrected chi connectivity index (χ1v) is 8.48. The van der Waals surface area contributed by atoms with Crippen LogP contribution in [0.3, 0.4) is 0 Å². The van der Waals surface area contributed by atoms with Gasteiger partial charge in [-0.3, -0.25) is 4.90 Å². The molecule has 1 saturated heterocycles. The standard InChI is InChI=1S/C16H20F2N4S/c1-9(2)15-20-16(23-21-15)19-13-6-7-22(3)14(13)10-4-5-11(17)12(18)8-10/h4-5,8-9,13-14H,6-7H2,1-3H3,(H,19,20,21)/t13-,14-/m0/s1. The van der Waals surface area contributed by atoms with Crippen LogP contribution in [0.2, 0.25) is 0 Å². The number of likely N-dealkylation sites (N-methyl/N-ethyl adjacent to an activating group) is 1. The van der Waals surface area contributed by atoms with Crippen molar-refractivity contribution >= 4 is 16.7 Å². The van der Waals surface area contributed by atoms with E-state index in [2.05, 4.69) is 33.4 Å². The summed E-state index contributed by atoms with van der Waals surface area (Å²) in [6.07, 6.45) is 0.913. The number of likely N-dealkylation sites (tertiary alicyclic amines) is 1. The van der Waals surface area contributed by atoms with Crippen molar-refractivity contribution in [3.05, 3.63) is 41.2 Å². The summed E-state index contributed by atoms with van der Waals surface area (Å²) in [4.78, 5) is 6.65. The Morgan fingerprint density at radius 3 is 2.74 bits per heavy atom. The highest BCUT2D eigenvalue weighted by Crippen LogP contribution is 2.34. The molecule has 124 valence electrons. The van der Waals surface area contributed by atoms with Crippen LogP contribution in [0.15, 0.2) is 18.2 Å². The van der Waals surface area contributed by atoms with Gasteiger partial charge in [-0.15, -0.1) is 0 Å². The quantitative estimate of drug-likeness (QED) is 0.921. The minimum Gasteiger partial charge on any atom is -0.356 e. The number of benzene rings is 1. The van der Waals surface area contributed by atoms with Gasteiger partial charge >= 0.3 is 0 Å². The molecule has 1 aliphatic heterocycles. The van der Waals surface area contributed by atoms with E-state index in [4.69, 9.17) is 0 Å². The highest BCUT2D eigenvalue weighted by molar-refractivity contribution is 7.09. The fourth-order valence-electron chi connectivity index (χ4n) is 2.97. The fourth-order valence-corrected chi connectivity index (χ4v) is 3.74. The number of nitrogens with one attached hydrogen (secondary N) is 1. The van der Waals surface area contributed by atoms with Crippen molar-refractivity contribution in [1.82, 2.24) is 14.3 Å². The second kappa shape index (κ2) is 6.49. The lowest BCUT2D eigenvalue weighted by molar-refractivity contribution is 0.308. The first kappa shape index (κ1) is 16.3. The number of hydrogen-bond acceptors (Lipinski definition) is 5. The highest BCUT2D eigenvalue weighted by atomic mass is 32.1. The van der Waals surface area contributed by atoms with Crippen LogP contribution in [-0.2, 0) is 0 Å². The predicted molar refractivity (Wildman–Crippen MR) is 87.8 cm³/mol. The van der Waals surface area contributed by atoms with E-state index in [1.54, 1.807) is 6.07 Å². The number of hydrogen-bond donors (Lipinski definition) is 1. The maximum atomic E-state index is 13.6. The molecule has 0 aliphatic carbocycles. The zero-order valence-corrected chi connectivity index (χ0v) is 14.2. The molecule has 1 fully saturated rings. The van der Waals surface area contributed by atoms with E-state index < -0.39 is 11.6 Å². The van der Waals surface area contributed by atoms with Gasteiger partial charge in [0.25, 0.3) is 0 Å². The van der Waals surface area contributed by atoms with Gasteiger partial charge in [-0.25, -0.2) is 13.8 Å². The van der Waals surface area contributed by atoms with Crippen LogP contribution < -0.4 is 5.32 Å². The molecule has 2 atom stereocenters. The van der Waals surface area contributed by atoms with E-state index in [-0.39, 0.29) is 18.0 Å². The largest absolute Gasteiger partial charge is 0.356 e. The van der Waals surface area contributed by atoms with Gasteiger partial charge in [-0.1, -0.05) is 19.9 Å². The van der Waals surface area contributed by atoms with E-state index in [1.807, 2.05) is 7.05 Å². The molecule has 1 aromatic carbocycles. The number of aromatic nitrogens is 2. The van der Waals surface area contributed by atoms with Crippen LogP contribution in [0.4, 0.5) is 13.9 Å². The molecule has 2 heterocycles. The molecule has 2 aromatic rings. The Balaban J connectivity index is 1.81. The Morgan fingerprint density at radius 2 is 2.09 bits per heavy atom. The lowest BCUT2D eigenvalue weighted by Crippen LogP contribution is -2.29. The molecule has 0 spiro atoms. The average molecular weight is 338 g/mol. The molecule has 0 radical (unpaired) electrons. The van der Waals surface area contributed by atoms with Crippen molar-refractivity contribution in [3.63, 3.8) is 0 Å². The number of rotatable bonds is 4. The molecule has 0 amide bonds. The molecule has 7 heteroatoms. The molecule has 1 aromatic heterocycles. The van der Waals surface area contributed by atoms with Crippen molar-refractivity contribution in [3.8, 4) is 0 Å². The molecule has 3 rings (SSSR count). The number of anilines is 1. The van der Waals surface area contributed by atoms with Crippen LogP contribution >= 0.6 is 11.5 Å². The summed E-state index contributed by atoms with van der Waals surface area (Å²) in [5.41, 5.74) is 0.773. The van der Waals surface area contributed by atoms with Gasteiger partial charge < -0.3 is 5.32 Å². The van der Waals surface area contributed by atoms with Crippen LogP contribution in [0.1, 0.15) is 43.6 Å². The normalized spacial score (nSPS) is 22.0. The minimum atomic E-state index is -0.815. The number of nitrogens with zero attached hydrogens (tertiary/aromatic N) is 3. The number of halogens is 2. The summed E-state index contributed by atoms with van der Waals surface area (Å²) < 4.78 is 31.1. The van der Waals surface area contributed by atoms with Gasteiger partial charge in [0, 0.05) is 30.0 Å². The van der Waals surface area contributed by atoms with Crippen molar-refractivity contribution < 1.29 is 8.78 Å². The molecule has 1 N–H and O–H groups in total. The molecular formula is C16H20F2N4S. The zero-order valence-electron chi connectivity index (χ0n) is 13.4. The Kier molecular flexibility index (Phi) is 4.59. The predicted octanol–water partition coefficient (Wildman–Crippen LogP) is 3.80. The second-order valence-corrected chi connectivity index (χ2v) is 7.00. The fraction of sp³-hybridized carbons (Fsp3) is 0.500. The Labute approximate surface area is 138 Å². The van der Waals surface area contributed by atoms with E-state index in [9.17, 15) is 8.78 Å². The van der Waals surface area contributed by atoms with E-state index in [0.29, 0.717) is 0 Å². The van der Waals surface area contributed by atoms with Crippen LogP contribution in [0, 0.1) is 11.6 Å². The average Bonchev–Trinajstić information content (AvgIpc) is 3.10. The summed E-state index contributed by atoms with van der Waals surface area (Å²) >= 11 is 1.34. The topological polar surface area (TPSA) is 41.1 Å². The second-order valence-electron chi connectivity index (χ2n) is 6.25. The Bertz CT molecular complexity index is 688. The monoisotopic (exact) mass is 338 g/mol. The SMILES string of the molecule is CC(C)c1nsc(N[C@H]2CCN(C)[C@H]2c2ccc(F)c(F)c2)n1. The third-order valence-electron chi connectivity index (χ3n) is 4.20. The van der Waals surface area contributed by atoms with E-state index in [1.165, 1.54) is 23.7 Å². The summed E-state index contributed by atoms with van der Waals surface area (Å²) in [6, 6.07) is 4.21. The lowest BCUT2D eigenvalue weighted by atomic mass is 10.00. The first-order valence-electron chi connectivity index (χ1n) is 7.71. The summed E-state index contributed by atoms with van der Waals surface area (Å²) in [5.74, 6) is -0.507. The Hall–Kier alpha value is -1.60. The third kappa shape index (κ3) is 3.35. The maximum Gasteiger partial charge on any atom is 0.202 e. The highest BCUT2D eigenvalue weighted by Gasteiger charge is 2.34. The summed E-state index contributed by atoms with van der Waals surface area (Å²) in [5, 5.41) is 4.20. The van der Waals surface area contributed by atoms with Crippen molar-refractivity contribution in [2.24, 2.45) is 0 Å². The van der Waals surface area contributed by atoms with Crippen LogP contribution in [0.25, 0.3) is 0 Å². The van der Waals surface area contributed by atoms with Gasteiger partial charge in [0.2, 0.25) is 5.13 Å². The minimum absolute atomic E-state index is 0.0171. The molecule has 0 bridgehead atoms. The zero-order chi connectivity index (χ0) is 16.6. The summed E-state index contributed by atoms with van der Waals surface area (Å²) in [7, 11) is 1.99. The van der Waals surface area contributed by atoms with Crippen LogP contribution in [-0.4, -0.2) is 33.9 Å². The van der Waals surface area contributed by atoms with Gasteiger partial charge in [0.15, 0.2) is 11.6 Å². The van der Waals surface area contributed by atoms with Crippen LogP contribution in [0.5, 0.6) is 0 Å².